The summed E-state index contributed by atoms with van der Waals surface area (Å²) in [6.07, 6.45) is 0. The number of hydrogen-bond donors (Lipinski definition) is 2. The maximum Gasteiger partial charge on any atom is 0.231 e. The Bertz CT molecular complexity index is 431. The molecule has 0 radical (unpaired) electrons. The number of aliphatic hydroxyl groups is 1. The van der Waals surface area contributed by atoms with E-state index >= 15 is 0 Å². The molecule has 0 aliphatic heterocycles. The molecular weight excluding hydrogens is 236 g/mol. The molecule has 92 valence electrons. The van der Waals surface area contributed by atoms with E-state index in [4.69, 9.17) is 10.8 Å². The first-order chi connectivity index (χ1) is 8.15. The second kappa shape index (κ2) is 7.07. The van der Waals surface area contributed by atoms with Gasteiger partial charge in [-0.2, -0.15) is 0 Å². The third-order valence-corrected chi connectivity index (χ3v) is 3.14. The molecule has 1 aromatic heterocycles. The summed E-state index contributed by atoms with van der Waals surface area (Å²) in [5.41, 5.74) is 5.17. The molecule has 5 heteroatoms. The Hall–Kier alpha value is -1.35. The average molecular weight is 252 g/mol. The molecule has 1 amide bonds. The number of nitrogens with two attached hydrogens (primary N) is 1. The first-order valence-corrected chi connectivity index (χ1v) is 6.16. The van der Waals surface area contributed by atoms with Crippen LogP contribution in [0.1, 0.15) is 16.7 Å². The van der Waals surface area contributed by atoms with Crippen LogP contribution < -0.4 is 5.73 Å². The number of likely N-dealkylation sites (N-methyl/N-ethyl adjacent to an activating group) is 1. The van der Waals surface area contributed by atoms with Gasteiger partial charge in [0.2, 0.25) is 5.91 Å². The third kappa shape index (κ3) is 5.00. The van der Waals surface area contributed by atoms with Crippen LogP contribution in [0.25, 0.3) is 0 Å². The molecular formula is C12H16N2O2S. The summed E-state index contributed by atoms with van der Waals surface area (Å²) in [4.78, 5) is 14.9. The topological polar surface area (TPSA) is 66.6 Å². The van der Waals surface area contributed by atoms with Crippen LogP contribution >= 0.6 is 11.3 Å². The number of aliphatic hydroxyl groups excluding tert-OH is 1. The SMILES string of the molecule is CCN(CC(N)=O)Cc1ccc(C#CCO)s1. The molecule has 0 aromatic carbocycles. The number of amides is 1. The Morgan fingerprint density at radius 3 is 2.94 bits per heavy atom. The highest BCUT2D eigenvalue weighted by molar-refractivity contribution is 7.12. The van der Waals surface area contributed by atoms with Gasteiger partial charge in [0, 0.05) is 11.4 Å². The van der Waals surface area contributed by atoms with Gasteiger partial charge in [0.15, 0.2) is 0 Å². The molecule has 0 saturated heterocycles. The lowest BCUT2D eigenvalue weighted by atomic mass is 10.3. The maximum absolute atomic E-state index is 10.8. The highest BCUT2D eigenvalue weighted by Crippen LogP contribution is 2.17. The van der Waals surface area contributed by atoms with Crippen molar-refractivity contribution in [3.63, 3.8) is 0 Å². The van der Waals surface area contributed by atoms with Gasteiger partial charge < -0.3 is 10.8 Å². The fourth-order valence-corrected chi connectivity index (χ4v) is 2.30. The number of hydrogen-bond acceptors (Lipinski definition) is 4. The van der Waals surface area contributed by atoms with Gasteiger partial charge in [-0.1, -0.05) is 18.8 Å². The van der Waals surface area contributed by atoms with E-state index in [2.05, 4.69) is 11.8 Å². The van der Waals surface area contributed by atoms with Crippen LogP contribution in [0.3, 0.4) is 0 Å². The second-order valence-corrected chi connectivity index (χ2v) is 4.66. The lowest BCUT2D eigenvalue weighted by Crippen LogP contribution is -2.32. The first kappa shape index (κ1) is 13.7. The van der Waals surface area contributed by atoms with Crippen molar-refractivity contribution in [2.45, 2.75) is 13.5 Å². The van der Waals surface area contributed by atoms with Gasteiger partial charge >= 0.3 is 0 Å². The van der Waals surface area contributed by atoms with Crippen molar-refractivity contribution in [2.24, 2.45) is 5.73 Å². The Balaban J connectivity index is 2.61. The van der Waals surface area contributed by atoms with Crippen LogP contribution in [-0.2, 0) is 11.3 Å². The van der Waals surface area contributed by atoms with Crippen LogP contribution in [0.2, 0.25) is 0 Å². The lowest BCUT2D eigenvalue weighted by molar-refractivity contribution is -0.119. The van der Waals surface area contributed by atoms with Crippen molar-refractivity contribution in [3.8, 4) is 11.8 Å². The largest absolute Gasteiger partial charge is 0.384 e. The van der Waals surface area contributed by atoms with Crippen molar-refractivity contribution in [1.82, 2.24) is 4.90 Å². The highest BCUT2D eigenvalue weighted by atomic mass is 32.1. The molecule has 0 spiro atoms. The summed E-state index contributed by atoms with van der Waals surface area (Å²) in [5, 5.41) is 8.59. The van der Waals surface area contributed by atoms with E-state index in [1.54, 1.807) is 11.3 Å². The van der Waals surface area contributed by atoms with Crippen molar-refractivity contribution in [2.75, 3.05) is 19.7 Å². The van der Waals surface area contributed by atoms with E-state index in [-0.39, 0.29) is 19.1 Å². The van der Waals surface area contributed by atoms with E-state index in [9.17, 15) is 4.79 Å². The average Bonchev–Trinajstić information content (AvgIpc) is 2.72. The fraction of sp³-hybridized carbons (Fsp3) is 0.417. The van der Waals surface area contributed by atoms with Gasteiger partial charge in [0.1, 0.15) is 6.61 Å². The predicted molar refractivity (Wildman–Crippen MR) is 68.4 cm³/mol. The summed E-state index contributed by atoms with van der Waals surface area (Å²) in [7, 11) is 0. The van der Waals surface area contributed by atoms with E-state index in [1.165, 1.54) is 0 Å². The molecule has 1 heterocycles. The zero-order valence-corrected chi connectivity index (χ0v) is 10.6. The Morgan fingerprint density at radius 2 is 2.35 bits per heavy atom. The quantitative estimate of drug-likeness (QED) is 0.745. The van der Waals surface area contributed by atoms with Crippen LogP contribution in [-0.4, -0.2) is 35.6 Å². The summed E-state index contributed by atoms with van der Waals surface area (Å²) in [6.45, 7) is 3.61. The number of carbonyl (C=O) groups is 1. The highest BCUT2D eigenvalue weighted by Gasteiger charge is 2.08. The van der Waals surface area contributed by atoms with E-state index in [0.717, 1.165) is 16.3 Å². The lowest BCUT2D eigenvalue weighted by Gasteiger charge is -2.16. The predicted octanol–water partition coefficient (Wildman–Crippen LogP) is 0.399. The first-order valence-electron chi connectivity index (χ1n) is 5.34. The zero-order valence-electron chi connectivity index (χ0n) is 9.77. The molecule has 0 aliphatic carbocycles. The summed E-state index contributed by atoms with van der Waals surface area (Å²) < 4.78 is 0. The number of nitrogens with zero attached hydrogens (tertiary/aromatic N) is 1. The minimum Gasteiger partial charge on any atom is -0.384 e. The van der Waals surface area contributed by atoms with Gasteiger partial charge in [-0.25, -0.2) is 0 Å². The molecule has 0 aliphatic rings. The fourth-order valence-electron chi connectivity index (χ4n) is 1.38. The standard InChI is InChI=1S/C12H16N2O2S/c1-2-14(9-12(13)16)8-11-6-5-10(17-11)4-3-7-15/h5-6,15H,2,7-9H2,1H3,(H2,13,16). The molecule has 3 N–H and O–H groups in total. The molecule has 0 fully saturated rings. The third-order valence-electron chi connectivity index (χ3n) is 2.16. The summed E-state index contributed by atoms with van der Waals surface area (Å²) >= 11 is 1.57. The van der Waals surface area contributed by atoms with Gasteiger partial charge in [0.25, 0.3) is 0 Å². The normalized spacial score (nSPS) is 10.1. The molecule has 4 nitrogen and oxygen atoms in total. The molecule has 17 heavy (non-hydrogen) atoms. The smallest absolute Gasteiger partial charge is 0.231 e. The molecule has 0 saturated carbocycles. The molecule has 0 atom stereocenters. The van der Waals surface area contributed by atoms with Crippen LogP contribution in [0.5, 0.6) is 0 Å². The molecule has 0 unspecified atom stereocenters. The van der Waals surface area contributed by atoms with Gasteiger partial charge in [0.05, 0.1) is 11.4 Å². The Labute approximate surface area is 105 Å². The number of rotatable bonds is 5. The Morgan fingerprint density at radius 1 is 1.59 bits per heavy atom. The van der Waals surface area contributed by atoms with E-state index in [1.807, 2.05) is 24.0 Å². The number of primary amides is 1. The van der Waals surface area contributed by atoms with Gasteiger partial charge in [-0.3, -0.25) is 9.69 Å². The number of thiophene rings is 1. The van der Waals surface area contributed by atoms with E-state index < -0.39 is 0 Å². The monoisotopic (exact) mass is 252 g/mol. The minimum absolute atomic E-state index is 0.129. The number of carbonyl (C=O) groups excluding carboxylic acids is 1. The van der Waals surface area contributed by atoms with Crippen molar-refractivity contribution in [1.29, 1.82) is 0 Å². The Kier molecular flexibility index (Phi) is 5.70. The van der Waals surface area contributed by atoms with Crippen LogP contribution in [0.4, 0.5) is 0 Å². The van der Waals surface area contributed by atoms with E-state index in [0.29, 0.717) is 6.54 Å². The van der Waals surface area contributed by atoms with Crippen molar-refractivity contribution < 1.29 is 9.90 Å². The minimum atomic E-state index is -0.316. The molecule has 0 bridgehead atoms. The molecule has 1 rings (SSSR count). The zero-order chi connectivity index (χ0) is 12.7. The van der Waals surface area contributed by atoms with Crippen molar-refractivity contribution >= 4 is 17.2 Å². The van der Waals surface area contributed by atoms with Crippen molar-refractivity contribution in [3.05, 3.63) is 21.9 Å². The second-order valence-electron chi connectivity index (χ2n) is 3.50. The van der Waals surface area contributed by atoms with Crippen LogP contribution in [0.15, 0.2) is 12.1 Å². The summed E-state index contributed by atoms with van der Waals surface area (Å²) in [5.74, 6) is 5.14. The van der Waals surface area contributed by atoms with Gasteiger partial charge in [-0.15, -0.1) is 11.3 Å². The van der Waals surface area contributed by atoms with Crippen LogP contribution in [0, 0.1) is 11.8 Å². The van der Waals surface area contributed by atoms with Gasteiger partial charge in [-0.05, 0) is 18.7 Å². The molecule has 1 aromatic rings. The maximum atomic E-state index is 10.8. The summed E-state index contributed by atoms with van der Waals surface area (Å²) in [6, 6.07) is 3.90.